The minimum atomic E-state index is -0.106. The van der Waals surface area contributed by atoms with Crippen LogP contribution in [0.3, 0.4) is 0 Å². The molecule has 2 rings (SSSR count). The highest BCUT2D eigenvalue weighted by Crippen LogP contribution is 2.26. The molecule has 1 N–H and O–H groups in total. The van der Waals surface area contributed by atoms with Crippen LogP contribution in [0.2, 0.25) is 0 Å². The van der Waals surface area contributed by atoms with E-state index in [9.17, 15) is 4.79 Å². The number of carbonyl (C=O) groups is 1. The fourth-order valence-corrected chi connectivity index (χ4v) is 2.98. The van der Waals surface area contributed by atoms with E-state index in [2.05, 4.69) is 21.2 Å². The summed E-state index contributed by atoms with van der Waals surface area (Å²) < 4.78 is 5.94. The second-order valence-electron chi connectivity index (χ2n) is 3.73. The van der Waals surface area contributed by atoms with Crippen LogP contribution in [0.1, 0.15) is 15.2 Å². The summed E-state index contributed by atoms with van der Waals surface area (Å²) in [5, 5.41) is 4.77. The van der Waals surface area contributed by atoms with E-state index in [1.807, 2.05) is 36.6 Å². The summed E-state index contributed by atoms with van der Waals surface area (Å²) >= 11 is 4.76. The van der Waals surface area contributed by atoms with Gasteiger partial charge in [-0.1, -0.05) is 0 Å². The van der Waals surface area contributed by atoms with E-state index >= 15 is 0 Å². The van der Waals surface area contributed by atoms with Crippen LogP contribution in [0, 0.1) is 6.92 Å². The van der Waals surface area contributed by atoms with Gasteiger partial charge in [0.15, 0.2) is 0 Å². The molecule has 1 heterocycles. The second kappa shape index (κ2) is 5.54. The molecule has 0 atom stereocenters. The first-order chi connectivity index (χ1) is 8.61. The Labute approximate surface area is 118 Å². The molecular formula is C13H12BrNO2S. The maximum absolute atomic E-state index is 12.0. The summed E-state index contributed by atoms with van der Waals surface area (Å²) in [4.78, 5) is 12.7. The largest absolute Gasteiger partial charge is 0.497 e. The molecule has 0 saturated carbocycles. The Balaban J connectivity index is 2.20. The van der Waals surface area contributed by atoms with Crippen LogP contribution in [0.5, 0.6) is 5.75 Å². The third kappa shape index (κ3) is 2.73. The van der Waals surface area contributed by atoms with Gasteiger partial charge >= 0.3 is 0 Å². The lowest BCUT2D eigenvalue weighted by Gasteiger charge is -2.09. The highest BCUT2D eigenvalue weighted by molar-refractivity contribution is 9.10. The lowest BCUT2D eigenvalue weighted by atomic mass is 10.2. The molecule has 0 saturated heterocycles. The first kappa shape index (κ1) is 13.1. The Hall–Kier alpha value is -1.33. The molecule has 94 valence electrons. The molecule has 3 nitrogen and oxygen atoms in total. The van der Waals surface area contributed by atoms with E-state index < -0.39 is 0 Å². The van der Waals surface area contributed by atoms with Gasteiger partial charge in [0.05, 0.1) is 7.11 Å². The number of amides is 1. The Morgan fingerprint density at radius 2 is 2.17 bits per heavy atom. The monoisotopic (exact) mass is 325 g/mol. The van der Waals surface area contributed by atoms with Crippen molar-refractivity contribution in [3.63, 3.8) is 0 Å². The van der Waals surface area contributed by atoms with Crippen molar-refractivity contribution >= 4 is 38.9 Å². The zero-order valence-corrected chi connectivity index (χ0v) is 12.4. The van der Waals surface area contributed by atoms with Gasteiger partial charge in [-0.05, 0) is 58.1 Å². The Kier molecular flexibility index (Phi) is 4.04. The Morgan fingerprint density at radius 1 is 1.39 bits per heavy atom. The molecule has 1 aromatic heterocycles. The lowest BCUT2D eigenvalue weighted by Crippen LogP contribution is -2.11. The number of methoxy groups -OCH3 is 1. The molecule has 0 radical (unpaired) electrons. The normalized spacial score (nSPS) is 10.2. The Bertz CT molecular complexity index is 580. The predicted octanol–water partition coefficient (Wildman–Crippen LogP) is 4.08. The number of carbonyl (C=O) groups excluding carboxylic acids is 1. The van der Waals surface area contributed by atoms with Crippen molar-refractivity contribution in [2.24, 2.45) is 0 Å². The van der Waals surface area contributed by atoms with Gasteiger partial charge in [-0.15, -0.1) is 11.3 Å². The van der Waals surface area contributed by atoms with E-state index in [0.29, 0.717) is 4.88 Å². The van der Waals surface area contributed by atoms with Gasteiger partial charge in [-0.25, -0.2) is 0 Å². The number of hydrogen-bond acceptors (Lipinski definition) is 3. The van der Waals surface area contributed by atoms with Crippen molar-refractivity contribution in [1.29, 1.82) is 0 Å². The maximum atomic E-state index is 12.0. The molecule has 0 bridgehead atoms. The van der Waals surface area contributed by atoms with Crippen LogP contribution < -0.4 is 10.1 Å². The number of hydrogen-bond donors (Lipinski definition) is 1. The van der Waals surface area contributed by atoms with Crippen molar-refractivity contribution in [3.05, 3.63) is 44.6 Å². The predicted molar refractivity (Wildman–Crippen MR) is 77.7 cm³/mol. The topological polar surface area (TPSA) is 38.3 Å². The first-order valence-corrected chi connectivity index (χ1v) is 6.98. The minimum Gasteiger partial charge on any atom is -0.497 e. The summed E-state index contributed by atoms with van der Waals surface area (Å²) in [6, 6.07) is 7.42. The maximum Gasteiger partial charge on any atom is 0.266 e. The van der Waals surface area contributed by atoms with Gasteiger partial charge in [-0.2, -0.15) is 0 Å². The number of anilines is 1. The number of aryl methyl sites for hydroxylation is 1. The van der Waals surface area contributed by atoms with Crippen molar-refractivity contribution < 1.29 is 9.53 Å². The van der Waals surface area contributed by atoms with E-state index in [0.717, 1.165) is 21.5 Å². The second-order valence-corrected chi connectivity index (χ2v) is 5.50. The molecule has 0 aliphatic rings. The molecule has 1 amide bonds. The molecule has 5 heteroatoms. The number of halogens is 1. The minimum absolute atomic E-state index is 0.106. The third-order valence-corrected chi connectivity index (χ3v) is 4.34. The van der Waals surface area contributed by atoms with Crippen LogP contribution in [-0.2, 0) is 0 Å². The summed E-state index contributed by atoms with van der Waals surface area (Å²) in [5.74, 6) is 0.674. The molecule has 2 aromatic rings. The molecule has 1 aromatic carbocycles. The zero-order valence-electron chi connectivity index (χ0n) is 9.99. The van der Waals surface area contributed by atoms with E-state index in [-0.39, 0.29) is 5.91 Å². The fraction of sp³-hybridized carbons (Fsp3) is 0.154. The average Bonchev–Trinajstić information content (AvgIpc) is 2.78. The molecule has 0 spiro atoms. The standard InChI is InChI=1S/C13H12BrNO2S/c1-8-7-9(17-2)3-4-11(8)15-13(16)12-10(14)5-6-18-12/h3-7H,1-2H3,(H,15,16). The van der Waals surface area contributed by atoms with Gasteiger partial charge in [0.1, 0.15) is 10.6 Å². The van der Waals surface area contributed by atoms with Gasteiger partial charge in [0.2, 0.25) is 0 Å². The summed E-state index contributed by atoms with van der Waals surface area (Å²) in [6.07, 6.45) is 0. The molecule has 0 aliphatic carbocycles. The van der Waals surface area contributed by atoms with Gasteiger partial charge in [0.25, 0.3) is 5.91 Å². The third-order valence-electron chi connectivity index (χ3n) is 2.51. The quantitative estimate of drug-likeness (QED) is 0.923. The van der Waals surface area contributed by atoms with E-state index in [4.69, 9.17) is 4.74 Å². The molecule has 0 fully saturated rings. The molecule has 0 aliphatic heterocycles. The van der Waals surface area contributed by atoms with Crippen molar-refractivity contribution in [3.8, 4) is 5.75 Å². The van der Waals surface area contributed by atoms with Crippen LogP contribution in [0.25, 0.3) is 0 Å². The van der Waals surface area contributed by atoms with Crippen molar-refractivity contribution in [2.75, 3.05) is 12.4 Å². The average molecular weight is 326 g/mol. The highest BCUT2D eigenvalue weighted by atomic mass is 79.9. The van der Waals surface area contributed by atoms with Crippen molar-refractivity contribution in [2.45, 2.75) is 6.92 Å². The van der Waals surface area contributed by atoms with Crippen LogP contribution >= 0.6 is 27.3 Å². The number of benzene rings is 1. The van der Waals surface area contributed by atoms with E-state index in [1.165, 1.54) is 11.3 Å². The van der Waals surface area contributed by atoms with Crippen LogP contribution in [-0.4, -0.2) is 13.0 Å². The lowest BCUT2D eigenvalue weighted by molar-refractivity contribution is 0.103. The summed E-state index contributed by atoms with van der Waals surface area (Å²) in [7, 11) is 1.62. The number of thiophene rings is 1. The Morgan fingerprint density at radius 3 is 2.72 bits per heavy atom. The van der Waals surface area contributed by atoms with Gasteiger partial charge in [0, 0.05) is 10.2 Å². The first-order valence-electron chi connectivity index (χ1n) is 5.31. The molecule has 18 heavy (non-hydrogen) atoms. The van der Waals surface area contributed by atoms with Gasteiger partial charge in [-0.3, -0.25) is 4.79 Å². The molecular weight excluding hydrogens is 314 g/mol. The molecule has 0 unspecified atom stereocenters. The van der Waals surface area contributed by atoms with Crippen molar-refractivity contribution in [1.82, 2.24) is 0 Å². The van der Waals surface area contributed by atoms with E-state index in [1.54, 1.807) is 7.11 Å². The highest BCUT2D eigenvalue weighted by Gasteiger charge is 2.12. The number of rotatable bonds is 3. The van der Waals surface area contributed by atoms with Crippen LogP contribution in [0.15, 0.2) is 34.1 Å². The fourth-order valence-electron chi connectivity index (χ4n) is 1.54. The summed E-state index contributed by atoms with van der Waals surface area (Å²) in [5.41, 5.74) is 1.76. The summed E-state index contributed by atoms with van der Waals surface area (Å²) in [6.45, 7) is 1.93. The van der Waals surface area contributed by atoms with Gasteiger partial charge < -0.3 is 10.1 Å². The zero-order chi connectivity index (χ0) is 13.1. The number of nitrogens with one attached hydrogen (secondary N) is 1. The SMILES string of the molecule is COc1ccc(NC(=O)c2sccc2Br)c(C)c1. The van der Waals surface area contributed by atoms with Crippen LogP contribution in [0.4, 0.5) is 5.69 Å². The smallest absolute Gasteiger partial charge is 0.266 e. The number of ether oxygens (including phenoxy) is 1.